The highest BCUT2D eigenvalue weighted by atomic mass is 15.0. The van der Waals surface area contributed by atoms with Crippen molar-refractivity contribution in [3.05, 3.63) is 199 Å². The summed E-state index contributed by atoms with van der Waals surface area (Å²) in [5.41, 5.74) is 17.4. The van der Waals surface area contributed by atoms with E-state index in [1.807, 2.05) is 6.20 Å². The van der Waals surface area contributed by atoms with Crippen LogP contribution >= 0.6 is 0 Å². The fourth-order valence-corrected chi connectivity index (χ4v) is 9.72. The van der Waals surface area contributed by atoms with Crippen molar-refractivity contribution in [2.24, 2.45) is 0 Å². The van der Waals surface area contributed by atoms with Gasteiger partial charge in [-0.15, -0.1) is 0 Å². The van der Waals surface area contributed by atoms with Crippen LogP contribution in [0.25, 0.3) is 105 Å². The first-order valence-electron chi connectivity index (χ1n) is 20.1. The third-order valence-corrected chi connectivity index (χ3v) is 12.6. The van der Waals surface area contributed by atoms with Crippen molar-refractivity contribution >= 4 is 54.4 Å². The van der Waals surface area contributed by atoms with Gasteiger partial charge in [0.05, 0.1) is 34.0 Å². The molecule has 0 radical (unpaired) electrons. The van der Waals surface area contributed by atoms with Crippen molar-refractivity contribution in [1.82, 2.24) is 14.5 Å². The summed E-state index contributed by atoms with van der Waals surface area (Å²) < 4.78 is 2.38. The number of hydrogen-bond acceptors (Lipinski definition) is 2. The first kappa shape index (κ1) is 32.8. The van der Waals surface area contributed by atoms with E-state index in [4.69, 9.17) is 9.97 Å². The average molecular weight is 740 g/mol. The van der Waals surface area contributed by atoms with Crippen LogP contribution < -0.4 is 0 Å². The molecule has 0 aliphatic heterocycles. The zero-order valence-electron chi connectivity index (χ0n) is 32.2. The third kappa shape index (κ3) is 4.80. The molecule has 1 aliphatic rings. The minimum atomic E-state index is -0.183. The second-order valence-electron chi connectivity index (χ2n) is 16.2. The topological polar surface area (TPSA) is 30.7 Å². The molecule has 0 N–H and O–H groups in total. The highest BCUT2D eigenvalue weighted by Crippen LogP contribution is 2.51. The molecule has 58 heavy (non-hydrogen) atoms. The zero-order valence-corrected chi connectivity index (χ0v) is 32.2. The molecule has 0 amide bonds. The van der Waals surface area contributed by atoms with E-state index in [0.717, 1.165) is 38.8 Å². The van der Waals surface area contributed by atoms with Gasteiger partial charge in [0.1, 0.15) is 0 Å². The van der Waals surface area contributed by atoms with Gasteiger partial charge in [0.15, 0.2) is 0 Å². The number of fused-ring (bicyclic) bond motifs is 12. The molecule has 3 nitrogen and oxygen atoms in total. The molecule has 272 valence electrons. The Morgan fingerprint density at radius 1 is 0.397 bits per heavy atom. The second kappa shape index (κ2) is 12.3. The Morgan fingerprint density at radius 3 is 1.50 bits per heavy atom. The minimum absolute atomic E-state index is 0.183. The lowest BCUT2D eigenvalue weighted by Gasteiger charge is -2.22. The molecule has 0 saturated carbocycles. The molecule has 0 saturated heterocycles. The number of nitrogens with zero attached hydrogens (tertiary/aromatic N) is 3. The number of benzene rings is 9. The molecule has 2 heterocycles. The fourth-order valence-electron chi connectivity index (χ4n) is 9.72. The second-order valence-corrected chi connectivity index (χ2v) is 16.2. The van der Waals surface area contributed by atoms with Crippen LogP contribution in [0.3, 0.4) is 0 Å². The predicted octanol–water partition coefficient (Wildman–Crippen LogP) is 14.3. The molecule has 11 aromatic rings. The van der Waals surface area contributed by atoms with Crippen LogP contribution in [-0.4, -0.2) is 14.5 Å². The molecule has 1 aliphatic carbocycles. The van der Waals surface area contributed by atoms with Crippen LogP contribution in [0.4, 0.5) is 0 Å². The largest absolute Gasteiger partial charge is 0.309 e. The van der Waals surface area contributed by atoms with Crippen LogP contribution in [0, 0.1) is 0 Å². The summed E-state index contributed by atoms with van der Waals surface area (Å²) in [4.78, 5) is 10.4. The molecule has 0 fully saturated rings. The summed E-state index contributed by atoms with van der Waals surface area (Å²) in [6.45, 7) is 4.70. The summed E-state index contributed by atoms with van der Waals surface area (Å²) in [5.74, 6) is 0. The zero-order chi connectivity index (χ0) is 38.5. The van der Waals surface area contributed by atoms with E-state index in [0.29, 0.717) is 0 Å². The van der Waals surface area contributed by atoms with Gasteiger partial charge in [0.25, 0.3) is 0 Å². The predicted molar refractivity (Wildman–Crippen MR) is 243 cm³/mol. The summed E-state index contributed by atoms with van der Waals surface area (Å²) in [6.07, 6.45) is 1.95. The standard InChI is InChI=1S/C55H37N3/c1-55(2)48-31-37(35-24-22-34(23-25-35)36-12-11-13-39(30-36)58-51-20-9-7-16-44(51)45-17-8-10-21-52(45)58)26-28-42(48)43-29-27-38(32-49(43)55)50-33-56-53-46-18-5-3-14-40(46)41-15-4-6-19-47(41)54(53)57-50/h3-33H,1-2H3. The minimum Gasteiger partial charge on any atom is -0.309 e. The van der Waals surface area contributed by atoms with Crippen molar-refractivity contribution in [1.29, 1.82) is 0 Å². The molecular formula is C55H37N3. The quantitative estimate of drug-likeness (QED) is 0.168. The van der Waals surface area contributed by atoms with E-state index in [2.05, 4.69) is 200 Å². The smallest absolute Gasteiger partial charge is 0.0979 e. The van der Waals surface area contributed by atoms with Gasteiger partial charge in [0.2, 0.25) is 0 Å². The molecule has 0 bridgehead atoms. The first-order valence-corrected chi connectivity index (χ1v) is 20.1. The summed E-state index contributed by atoms with van der Waals surface area (Å²) >= 11 is 0. The summed E-state index contributed by atoms with van der Waals surface area (Å²) in [6, 6.07) is 66.2. The van der Waals surface area contributed by atoms with Crippen molar-refractivity contribution in [2.75, 3.05) is 0 Å². The molecule has 3 heteroatoms. The van der Waals surface area contributed by atoms with Crippen LogP contribution in [-0.2, 0) is 5.41 Å². The number of hydrogen-bond donors (Lipinski definition) is 0. The maximum atomic E-state index is 5.31. The van der Waals surface area contributed by atoms with E-state index < -0.39 is 0 Å². The van der Waals surface area contributed by atoms with Gasteiger partial charge in [0, 0.05) is 38.2 Å². The van der Waals surface area contributed by atoms with E-state index in [-0.39, 0.29) is 5.41 Å². The van der Waals surface area contributed by atoms with Crippen LogP contribution in [0.15, 0.2) is 188 Å². The van der Waals surface area contributed by atoms with Crippen molar-refractivity contribution in [2.45, 2.75) is 19.3 Å². The van der Waals surface area contributed by atoms with E-state index in [1.165, 1.54) is 77.1 Å². The maximum Gasteiger partial charge on any atom is 0.0979 e. The van der Waals surface area contributed by atoms with Crippen LogP contribution in [0.1, 0.15) is 25.0 Å². The van der Waals surface area contributed by atoms with Crippen molar-refractivity contribution in [3.8, 4) is 50.3 Å². The van der Waals surface area contributed by atoms with Gasteiger partial charge in [-0.1, -0.05) is 159 Å². The Morgan fingerprint density at radius 2 is 0.879 bits per heavy atom. The maximum absolute atomic E-state index is 5.31. The molecule has 0 spiro atoms. The number of rotatable bonds is 4. The lowest BCUT2D eigenvalue weighted by atomic mass is 9.81. The summed E-state index contributed by atoms with van der Waals surface area (Å²) in [7, 11) is 0. The van der Waals surface area contributed by atoms with Gasteiger partial charge < -0.3 is 4.57 Å². The van der Waals surface area contributed by atoms with Gasteiger partial charge in [-0.3, -0.25) is 4.98 Å². The lowest BCUT2D eigenvalue weighted by molar-refractivity contribution is 0.661. The van der Waals surface area contributed by atoms with Crippen molar-refractivity contribution < 1.29 is 0 Å². The molecule has 0 unspecified atom stereocenters. The normalized spacial score (nSPS) is 13.1. The number of aromatic nitrogens is 3. The van der Waals surface area contributed by atoms with E-state index in [1.54, 1.807) is 0 Å². The van der Waals surface area contributed by atoms with Gasteiger partial charge in [-0.2, -0.15) is 0 Å². The monoisotopic (exact) mass is 739 g/mol. The lowest BCUT2D eigenvalue weighted by Crippen LogP contribution is -2.15. The molecular weight excluding hydrogens is 703 g/mol. The Hall–Kier alpha value is -7.36. The highest BCUT2D eigenvalue weighted by molar-refractivity contribution is 6.23. The SMILES string of the molecule is CC1(C)c2cc(-c3ccc(-c4cccc(-n5c6ccccc6c6ccccc65)c4)cc3)ccc2-c2ccc(-c3cnc4c5ccccc5c5ccccc5c4n3)cc21. The Bertz CT molecular complexity index is 3390. The van der Waals surface area contributed by atoms with Crippen molar-refractivity contribution in [3.63, 3.8) is 0 Å². The fraction of sp³-hybridized carbons (Fsp3) is 0.0545. The average Bonchev–Trinajstić information content (AvgIpc) is 3.74. The molecule has 12 rings (SSSR count). The highest BCUT2D eigenvalue weighted by Gasteiger charge is 2.36. The number of para-hydroxylation sites is 2. The molecule has 9 aromatic carbocycles. The molecule has 2 aromatic heterocycles. The van der Waals surface area contributed by atoms with Gasteiger partial charge in [-0.25, -0.2) is 4.98 Å². The summed E-state index contributed by atoms with van der Waals surface area (Å²) in [5, 5.41) is 7.23. The van der Waals surface area contributed by atoms with E-state index in [9.17, 15) is 0 Å². The third-order valence-electron chi connectivity index (χ3n) is 12.6. The van der Waals surface area contributed by atoms with Gasteiger partial charge >= 0.3 is 0 Å². The Balaban J connectivity index is 0.875. The first-order chi connectivity index (χ1) is 28.5. The Kier molecular flexibility index (Phi) is 6.98. The van der Waals surface area contributed by atoms with Crippen LogP contribution in [0.2, 0.25) is 0 Å². The van der Waals surface area contributed by atoms with Gasteiger partial charge in [-0.05, 0) is 91.7 Å². The van der Waals surface area contributed by atoms with E-state index >= 15 is 0 Å². The Labute approximate surface area is 336 Å². The molecule has 0 atom stereocenters. The van der Waals surface area contributed by atoms with Crippen LogP contribution in [0.5, 0.6) is 0 Å².